The molecule has 3 nitrogen and oxygen atoms in total. The van der Waals surface area contributed by atoms with E-state index in [0.717, 1.165) is 113 Å². The lowest BCUT2D eigenvalue weighted by Crippen LogP contribution is -2.60. The highest BCUT2D eigenvalue weighted by Crippen LogP contribution is 2.54. The maximum atomic E-state index is 10.2. The van der Waals surface area contributed by atoms with Gasteiger partial charge in [0, 0.05) is 85.4 Å². The normalized spacial score (nSPS) is 14.7. The molecule has 0 amide bonds. The predicted molar refractivity (Wildman–Crippen MR) is 411 cm³/mol. The molecule has 0 aliphatic carbocycles. The summed E-state index contributed by atoms with van der Waals surface area (Å²) in [5.41, 5.74) is 16.3. The van der Waals surface area contributed by atoms with Crippen molar-refractivity contribution in [1.82, 2.24) is 9.13 Å². The van der Waals surface area contributed by atoms with Crippen LogP contribution in [0.2, 0.25) is 0 Å². The van der Waals surface area contributed by atoms with Gasteiger partial charge in [-0.3, -0.25) is 0 Å². The third-order valence-corrected chi connectivity index (χ3v) is 21.4. The van der Waals surface area contributed by atoms with Crippen molar-refractivity contribution < 1.29 is 20.6 Å². The van der Waals surface area contributed by atoms with Gasteiger partial charge in [0.2, 0.25) is 6.71 Å². The first-order valence-electron chi connectivity index (χ1n) is 39.3. The van der Waals surface area contributed by atoms with Crippen LogP contribution in [0.15, 0.2) is 349 Å². The van der Waals surface area contributed by atoms with Crippen LogP contribution in [-0.2, 0) is 0 Å². The molecule has 0 bridgehead atoms. The van der Waals surface area contributed by atoms with E-state index in [1.807, 2.05) is 103 Å². The maximum Gasteiger partial charge on any atom is 0.249 e. The van der Waals surface area contributed by atoms with E-state index in [2.05, 4.69) is 126 Å². The third-order valence-electron chi connectivity index (χ3n) is 19.0. The molecule has 96 heavy (non-hydrogen) atoms. The lowest BCUT2D eigenvalue weighted by atomic mass is 9.34. The summed E-state index contributed by atoms with van der Waals surface area (Å²) < 4.78 is 147. The first-order valence-corrected chi connectivity index (χ1v) is 33.4. The van der Waals surface area contributed by atoms with Crippen LogP contribution in [0.4, 0.5) is 17.1 Å². The second-order valence-electron chi connectivity index (χ2n) is 24.3. The highest BCUT2D eigenvalue weighted by atomic mass is 32.2. The minimum Gasteiger partial charge on any atom is -0.310 e. The van der Waals surface area contributed by atoms with Crippen LogP contribution in [0.1, 0.15) is 20.6 Å². The minimum atomic E-state index is -0.554. The van der Waals surface area contributed by atoms with E-state index >= 15 is 0 Å². The molecule has 5 heterocycles. The Balaban J connectivity index is 0.932. The molecule has 0 unspecified atom stereocenters. The van der Waals surface area contributed by atoms with E-state index in [1.54, 1.807) is 56.5 Å². The Hall–Kier alpha value is -11.7. The Morgan fingerprint density at radius 1 is 0.323 bits per heavy atom. The summed E-state index contributed by atoms with van der Waals surface area (Å²) in [5, 5.41) is 1.83. The molecule has 15 aromatic carbocycles. The van der Waals surface area contributed by atoms with Gasteiger partial charge >= 0.3 is 0 Å². The van der Waals surface area contributed by atoms with E-state index < -0.39 is 67.1 Å². The number of hydrogen-bond acceptors (Lipinski definition) is 3. The Morgan fingerprint density at radius 2 is 0.802 bits per heavy atom. The summed E-state index contributed by atoms with van der Waals surface area (Å²) >= 11 is 3.25. The topological polar surface area (TPSA) is 13.1 Å². The summed E-state index contributed by atoms with van der Waals surface area (Å²) in [6, 6.07) is 78.0. The number of fused-ring (bicyclic) bond motifs is 14. The Kier molecular flexibility index (Phi) is 9.57. The van der Waals surface area contributed by atoms with Crippen molar-refractivity contribution in [3.8, 4) is 78.1 Å². The molecule has 2 aliphatic rings. The third kappa shape index (κ3) is 8.62. The van der Waals surface area contributed by atoms with Crippen LogP contribution in [-0.4, -0.2) is 15.8 Å². The summed E-state index contributed by atoms with van der Waals surface area (Å²) in [5.74, 6) is 0. The summed E-state index contributed by atoms with van der Waals surface area (Å²) in [4.78, 5) is 4.25. The molecule has 18 aromatic rings. The zero-order valence-corrected chi connectivity index (χ0v) is 52.5. The van der Waals surface area contributed by atoms with Crippen LogP contribution >= 0.6 is 23.1 Å². The van der Waals surface area contributed by atoms with Gasteiger partial charge in [0.1, 0.15) is 0 Å². The van der Waals surface area contributed by atoms with Crippen molar-refractivity contribution in [3.05, 3.63) is 339 Å². The van der Waals surface area contributed by atoms with Crippen LogP contribution in [0, 0.1) is 0 Å². The van der Waals surface area contributed by atoms with Gasteiger partial charge in [-0.05, 0) is 164 Å². The van der Waals surface area contributed by atoms with Crippen molar-refractivity contribution in [2.45, 2.75) is 9.79 Å². The fourth-order valence-electron chi connectivity index (χ4n) is 14.8. The van der Waals surface area contributed by atoms with Crippen molar-refractivity contribution in [1.29, 1.82) is 0 Å². The van der Waals surface area contributed by atoms with E-state index in [4.69, 9.17) is 5.48 Å². The van der Waals surface area contributed by atoms with Crippen LogP contribution in [0.3, 0.4) is 0 Å². The Bertz CT molecular complexity index is 6980. The highest BCUT2D eigenvalue weighted by Gasteiger charge is 2.44. The SMILES string of the molecule is [2H]c1c([2H])c([2H])c2c(c1[2H])c1c([2H])c([2H])c([2H])c([2H])c1n2-c1ccc2sc3ccc4c(c3c2c1)Sc1cc(-c2cccc(-c3ccccc3)c2)cc2c1B4c1ccc(-n3c4c([2H])c([2H])c([2H])c([2H])c4c4c([2H])c(-c5ccccc5)c([2H])c([2H])c43)cc1N2c1c(-c2ccccc2)cc(-c2ccccc2)cc1-c1ccccc1. The van der Waals surface area contributed by atoms with Crippen molar-refractivity contribution >= 4 is 127 Å². The van der Waals surface area contributed by atoms with Crippen molar-refractivity contribution in [2.24, 2.45) is 0 Å². The fourth-order valence-corrected chi connectivity index (χ4v) is 17.3. The van der Waals surface area contributed by atoms with Crippen LogP contribution in [0.5, 0.6) is 0 Å². The second kappa shape index (κ2) is 22.0. The zero-order chi connectivity index (χ0) is 76.0. The lowest BCUT2D eigenvalue weighted by Gasteiger charge is -2.42. The first kappa shape index (κ1) is 41.8. The molecule has 0 saturated carbocycles. The Labute approximate surface area is 585 Å². The highest BCUT2D eigenvalue weighted by molar-refractivity contribution is 8.00. The molecule has 2 aliphatic heterocycles. The van der Waals surface area contributed by atoms with E-state index in [0.29, 0.717) is 22.6 Å². The number of para-hydroxylation sites is 3. The molecular formula is C90H56BN3S2. The van der Waals surface area contributed by atoms with Gasteiger partial charge in [-0.1, -0.05) is 260 Å². The lowest BCUT2D eigenvalue weighted by molar-refractivity contribution is 1.17. The van der Waals surface area contributed by atoms with Gasteiger partial charge in [-0.25, -0.2) is 0 Å². The zero-order valence-electron chi connectivity index (χ0n) is 65.9. The number of benzene rings is 15. The largest absolute Gasteiger partial charge is 0.310 e. The average molecular weight is 1270 g/mol. The molecule has 6 heteroatoms. The molecule has 3 aromatic heterocycles. The van der Waals surface area contributed by atoms with Crippen LogP contribution in [0.25, 0.3) is 142 Å². The number of thiophene rings is 1. The first-order chi connectivity index (χ1) is 53.9. The average Bonchev–Trinajstić information content (AvgIpc) is 1.67. The van der Waals surface area contributed by atoms with Crippen LogP contribution < -0.4 is 21.3 Å². The van der Waals surface area contributed by atoms with E-state index in [1.165, 1.54) is 0 Å². The number of anilines is 3. The molecule has 0 spiro atoms. The minimum absolute atomic E-state index is 0.0158. The number of hydrogen-bond donors (Lipinski definition) is 0. The molecule has 20 rings (SSSR count). The standard InChI is InChI=1S/C90H56BN3S2/c1-6-23-57(24-7-1)62-33-22-34-63(49-62)66-53-83-88-86(54-66)96-90-77(45-48-85-87(90)75-55-67(43-47-84(75)95-85)92-78-38-19-16-35-69(78)70-36-17-20-39-79(70)92)91(88)76-44-42-68(93-80-40-21-18-37-71(80)74-50-64(41-46-81(74)93)58-25-8-2-9-26-58)56-82(76)94(83)89-72(60-29-12-4-13-30-60)51-65(59-27-10-3-11-28-59)52-73(89)61-31-14-5-15-32-61/h1-56H/i16D,17D,18D,19D,20D,21D,35D,36D,37D,38D,39D,40D,41D,46D,50D. The van der Waals surface area contributed by atoms with Gasteiger partial charge in [0.25, 0.3) is 0 Å². The smallest absolute Gasteiger partial charge is 0.249 e. The van der Waals surface area contributed by atoms with Gasteiger partial charge < -0.3 is 14.0 Å². The molecule has 0 radical (unpaired) electrons. The predicted octanol–water partition coefficient (Wildman–Crippen LogP) is 23.0. The number of nitrogens with zero attached hydrogens (tertiary/aromatic N) is 3. The Morgan fingerprint density at radius 3 is 1.42 bits per heavy atom. The molecular weight excluding hydrogens is 1200 g/mol. The quantitative estimate of drug-likeness (QED) is 0.134. The molecule has 0 saturated heterocycles. The van der Waals surface area contributed by atoms with Gasteiger partial charge in [-0.15, -0.1) is 11.3 Å². The summed E-state index contributed by atoms with van der Waals surface area (Å²) in [7, 11) is 0. The molecule has 0 fully saturated rings. The number of aromatic nitrogens is 2. The number of rotatable bonds is 9. The van der Waals surface area contributed by atoms with Crippen molar-refractivity contribution in [2.75, 3.05) is 4.90 Å². The summed E-state index contributed by atoms with van der Waals surface area (Å²) in [6.07, 6.45) is 0. The van der Waals surface area contributed by atoms with Gasteiger partial charge in [0.15, 0.2) is 0 Å². The monoisotopic (exact) mass is 1270 g/mol. The van der Waals surface area contributed by atoms with Gasteiger partial charge in [-0.2, -0.15) is 0 Å². The molecule has 446 valence electrons. The maximum absolute atomic E-state index is 10.2. The van der Waals surface area contributed by atoms with Crippen molar-refractivity contribution in [3.63, 3.8) is 0 Å². The van der Waals surface area contributed by atoms with Gasteiger partial charge in [0.05, 0.1) is 48.3 Å². The fraction of sp³-hybridized carbons (Fsp3) is 0. The summed E-state index contributed by atoms with van der Waals surface area (Å²) in [6.45, 7) is -0.554. The molecule has 0 N–H and O–H groups in total. The van der Waals surface area contributed by atoms with E-state index in [-0.39, 0.29) is 79.4 Å². The van der Waals surface area contributed by atoms with E-state index in [9.17, 15) is 15.1 Å². The second-order valence-corrected chi connectivity index (χ2v) is 26.4. The molecule has 0 atom stereocenters.